The minimum Gasteiger partial charge on any atom is -0.507 e. The van der Waals surface area contributed by atoms with Gasteiger partial charge in [0.2, 0.25) is 0 Å². The molecule has 2 aromatic carbocycles. The molecule has 4 rings (SSSR count). The van der Waals surface area contributed by atoms with Gasteiger partial charge >= 0.3 is 18.4 Å². The Morgan fingerprint density at radius 3 is 2.03 bits per heavy atom. The number of carbonyl (C=O) groups is 2. The van der Waals surface area contributed by atoms with Gasteiger partial charge < -0.3 is 9.84 Å². The number of aliphatic hydroxyl groups is 1. The molecular weight excluding hydrogens is 508 g/mol. The Balaban J connectivity index is 1.85. The van der Waals surface area contributed by atoms with Crippen molar-refractivity contribution in [1.82, 2.24) is 10.2 Å². The second kappa shape index (κ2) is 9.22. The number of rotatable bonds is 4. The smallest absolute Gasteiger partial charge is 0.507 e. The highest BCUT2D eigenvalue weighted by Crippen LogP contribution is 2.42. The molecule has 1 fully saturated rings. The van der Waals surface area contributed by atoms with Gasteiger partial charge in [0.1, 0.15) is 11.5 Å². The van der Waals surface area contributed by atoms with Crippen LogP contribution in [0.4, 0.5) is 32.2 Å². The van der Waals surface area contributed by atoms with E-state index < -0.39 is 52.9 Å². The van der Waals surface area contributed by atoms with E-state index in [4.69, 9.17) is 0 Å². The van der Waals surface area contributed by atoms with Crippen LogP contribution < -0.4 is 9.64 Å². The molecule has 1 unspecified atom stereocenters. The molecule has 1 saturated heterocycles. The number of Topliss-reactive ketones (excluding diaryl/α,β-unsaturated/α-hetero) is 1. The van der Waals surface area contributed by atoms with Crippen LogP contribution in [-0.2, 0) is 15.8 Å². The fourth-order valence-electron chi connectivity index (χ4n) is 3.73. The van der Waals surface area contributed by atoms with E-state index in [1.807, 2.05) is 0 Å². The number of hydrogen-bond acceptors (Lipinski definition) is 6. The summed E-state index contributed by atoms with van der Waals surface area (Å²) in [5, 5.41) is 18.7. The minimum absolute atomic E-state index is 0.0876. The van der Waals surface area contributed by atoms with Gasteiger partial charge in [0, 0.05) is 5.56 Å². The summed E-state index contributed by atoms with van der Waals surface area (Å²) in [7, 11) is 0. The van der Waals surface area contributed by atoms with Crippen LogP contribution in [-0.4, -0.2) is 33.4 Å². The lowest BCUT2D eigenvalue weighted by molar-refractivity contribution is -0.274. The van der Waals surface area contributed by atoms with Crippen molar-refractivity contribution in [3.63, 3.8) is 0 Å². The number of ketones is 1. The highest BCUT2D eigenvalue weighted by molar-refractivity contribution is 6.51. The van der Waals surface area contributed by atoms with Gasteiger partial charge in [0.15, 0.2) is 5.82 Å². The number of ether oxygens (including phenoxy) is 1. The maximum absolute atomic E-state index is 13.0. The molecule has 0 saturated carbocycles. The zero-order chi connectivity index (χ0) is 27.1. The molecule has 192 valence electrons. The number of carbonyl (C=O) groups excluding carboxylic acids is 2. The monoisotopic (exact) mass is 523 g/mol. The normalized spacial score (nSPS) is 17.8. The number of amides is 1. The molecule has 0 bridgehead atoms. The summed E-state index contributed by atoms with van der Waals surface area (Å²) in [4.78, 5) is 26.9. The van der Waals surface area contributed by atoms with E-state index in [9.17, 15) is 41.0 Å². The van der Waals surface area contributed by atoms with E-state index in [0.29, 0.717) is 17.8 Å². The first-order valence-corrected chi connectivity index (χ1v) is 10.4. The third kappa shape index (κ3) is 5.25. The molecule has 0 spiro atoms. The van der Waals surface area contributed by atoms with E-state index >= 15 is 0 Å². The summed E-state index contributed by atoms with van der Waals surface area (Å²) in [6, 6.07) is 8.89. The largest absolute Gasteiger partial charge is 0.573 e. The zero-order valence-corrected chi connectivity index (χ0v) is 18.6. The number of halogens is 6. The lowest BCUT2D eigenvalue weighted by Crippen LogP contribution is -2.30. The highest BCUT2D eigenvalue weighted by Gasteiger charge is 2.48. The third-order valence-electron chi connectivity index (χ3n) is 5.39. The fourth-order valence-corrected chi connectivity index (χ4v) is 3.73. The molecule has 2 heterocycles. The SMILES string of the molecule is Cc1ccc(N2C(=O)C(=O)C(=C(O)c3ccc(C(F)(F)F)cc3)C2c2ccc(OC(F)(F)F)cc2)nn1. The minimum atomic E-state index is -4.96. The molecule has 13 heteroatoms. The second-order valence-corrected chi connectivity index (χ2v) is 7.89. The van der Waals surface area contributed by atoms with E-state index in [1.54, 1.807) is 6.92 Å². The zero-order valence-electron chi connectivity index (χ0n) is 18.6. The first-order valence-electron chi connectivity index (χ1n) is 10.4. The maximum Gasteiger partial charge on any atom is 0.573 e. The van der Waals surface area contributed by atoms with E-state index in [-0.39, 0.29) is 16.9 Å². The van der Waals surface area contributed by atoms with E-state index in [2.05, 4.69) is 14.9 Å². The molecule has 37 heavy (non-hydrogen) atoms. The van der Waals surface area contributed by atoms with Gasteiger partial charge in [0.05, 0.1) is 22.9 Å². The maximum atomic E-state index is 13.0. The van der Waals surface area contributed by atoms with Crippen LogP contribution >= 0.6 is 0 Å². The summed E-state index contributed by atoms with van der Waals surface area (Å²) in [6.07, 6.45) is -9.61. The summed E-state index contributed by atoms with van der Waals surface area (Å²) >= 11 is 0. The standard InChI is InChI=1S/C24H15F6N3O4/c1-12-2-11-17(32-31-12)33-19(13-5-9-16(10-6-13)37-24(28,29)30)18(21(35)22(33)36)20(34)14-3-7-15(8-4-14)23(25,26)27/h2-11,19,34H,1H3. The molecule has 0 radical (unpaired) electrons. The van der Waals surface area contributed by atoms with Gasteiger partial charge in [0.25, 0.3) is 5.78 Å². The number of aromatic nitrogens is 2. The van der Waals surface area contributed by atoms with E-state index in [1.165, 1.54) is 12.1 Å². The Morgan fingerprint density at radius 1 is 0.892 bits per heavy atom. The molecule has 1 aliphatic rings. The van der Waals surface area contributed by atoms with Gasteiger partial charge in [-0.05, 0) is 48.9 Å². The third-order valence-corrected chi connectivity index (χ3v) is 5.39. The van der Waals surface area contributed by atoms with Crippen LogP contribution in [0, 0.1) is 6.92 Å². The van der Waals surface area contributed by atoms with Gasteiger partial charge in [-0.3, -0.25) is 14.5 Å². The molecule has 1 atom stereocenters. The number of aryl methyl sites for hydroxylation is 1. The molecule has 1 aromatic heterocycles. The lowest BCUT2D eigenvalue weighted by Gasteiger charge is -2.24. The Bertz CT molecular complexity index is 1370. The van der Waals surface area contributed by atoms with Crippen LogP contribution in [0.25, 0.3) is 5.76 Å². The Kier molecular flexibility index (Phi) is 6.40. The first kappa shape index (κ1) is 25.7. The molecule has 1 amide bonds. The Morgan fingerprint density at radius 2 is 1.51 bits per heavy atom. The Labute approximate surface area is 204 Å². The van der Waals surface area contributed by atoms with Gasteiger partial charge in [-0.2, -0.15) is 18.3 Å². The summed E-state index contributed by atoms with van der Waals surface area (Å²) in [5.41, 5.74) is -1.13. The quantitative estimate of drug-likeness (QED) is 0.215. The number of aliphatic hydroxyl groups excluding tert-OH is 1. The molecule has 1 N–H and O–H groups in total. The van der Waals surface area contributed by atoms with Crippen molar-refractivity contribution < 1.29 is 45.8 Å². The van der Waals surface area contributed by atoms with Crippen molar-refractivity contribution in [1.29, 1.82) is 0 Å². The summed E-state index contributed by atoms with van der Waals surface area (Å²) in [6.45, 7) is 1.62. The predicted molar refractivity (Wildman–Crippen MR) is 116 cm³/mol. The van der Waals surface area contributed by atoms with Gasteiger partial charge in [-0.15, -0.1) is 18.3 Å². The van der Waals surface area contributed by atoms with Crippen molar-refractivity contribution in [3.05, 3.63) is 88.6 Å². The molecule has 1 aliphatic heterocycles. The topological polar surface area (TPSA) is 92.6 Å². The lowest BCUT2D eigenvalue weighted by atomic mass is 9.95. The van der Waals surface area contributed by atoms with Crippen molar-refractivity contribution >= 4 is 23.3 Å². The number of hydrogen-bond donors (Lipinski definition) is 1. The van der Waals surface area contributed by atoms with Crippen molar-refractivity contribution in [2.75, 3.05) is 4.90 Å². The fraction of sp³-hybridized carbons (Fsp3) is 0.167. The number of benzene rings is 2. The first-order chi connectivity index (χ1) is 17.3. The van der Waals surface area contributed by atoms with E-state index in [0.717, 1.165) is 41.3 Å². The highest BCUT2D eigenvalue weighted by atomic mass is 19.4. The van der Waals surface area contributed by atoms with Crippen LogP contribution in [0.5, 0.6) is 5.75 Å². The average Bonchev–Trinajstić information content (AvgIpc) is 3.08. The average molecular weight is 523 g/mol. The van der Waals surface area contributed by atoms with Gasteiger partial charge in [-0.25, -0.2) is 0 Å². The van der Waals surface area contributed by atoms with Crippen LogP contribution in [0.2, 0.25) is 0 Å². The summed E-state index contributed by atoms with van der Waals surface area (Å²) < 4.78 is 80.4. The summed E-state index contributed by atoms with van der Waals surface area (Å²) in [5.74, 6) is -3.77. The molecule has 3 aromatic rings. The molecular formula is C24H15F6N3O4. The molecule has 7 nitrogen and oxygen atoms in total. The predicted octanol–water partition coefficient (Wildman–Crippen LogP) is 5.33. The second-order valence-electron chi connectivity index (χ2n) is 7.89. The van der Waals surface area contributed by atoms with Crippen molar-refractivity contribution in [2.45, 2.75) is 25.5 Å². The van der Waals surface area contributed by atoms with Crippen LogP contribution in [0.3, 0.4) is 0 Å². The van der Waals surface area contributed by atoms with Gasteiger partial charge in [-0.1, -0.05) is 24.3 Å². The number of nitrogens with zero attached hydrogens (tertiary/aromatic N) is 3. The van der Waals surface area contributed by atoms with Crippen LogP contribution in [0.1, 0.15) is 28.4 Å². The number of alkyl halides is 6. The number of anilines is 1. The Hall–Kier alpha value is -4.42. The van der Waals surface area contributed by atoms with Crippen molar-refractivity contribution in [3.8, 4) is 5.75 Å². The van der Waals surface area contributed by atoms with Crippen LogP contribution in [0.15, 0.2) is 66.2 Å². The van der Waals surface area contributed by atoms with Crippen molar-refractivity contribution in [2.24, 2.45) is 0 Å². The molecule has 0 aliphatic carbocycles.